The maximum atomic E-state index is 11.9. The van der Waals surface area contributed by atoms with Crippen molar-refractivity contribution in [3.63, 3.8) is 0 Å². The van der Waals surface area contributed by atoms with E-state index in [1.54, 1.807) is 18.6 Å². The van der Waals surface area contributed by atoms with Crippen molar-refractivity contribution in [2.75, 3.05) is 0 Å². The van der Waals surface area contributed by atoms with Crippen LogP contribution in [0.25, 0.3) is 5.65 Å². The Labute approximate surface area is 104 Å². The van der Waals surface area contributed by atoms with Crippen LogP contribution in [-0.2, 0) is 6.54 Å². The number of nitrogens with zero attached hydrogens (tertiary/aromatic N) is 5. The predicted octanol–water partition coefficient (Wildman–Crippen LogP) is 1.05. The second-order valence-electron chi connectivity index (χ2n) is 3.32. The topological polar surface area (TPSA) is 65.1 Å². The number of hydrogen-bond donors (Lipinski definition) is 0. The molecule has 3 aromatic heterocycles. The van der Waals surface area contributed by atoms with Crippen LogP contribution in [0.4, 0.5) is 0 Å². The van der Waals surface area contributed by atoms with Crippen molar-refractivity contribution in [3.8, 4) is 0 Å². The molecule has 0 saturated carbocycles. The molecular weight excluding hydrogens is 262 g/mol. The normalized spacial score (nSPS) is 11.1. The molecule has 3 heterocycles. The maximum absolute atomic E-state index is 11.9. The van der Waals surface area contributed by atoms with Crippen LogP contribution in [0.2, 0.25) is 4.47 Å². The van der Waals surface area contributed by atoms with Gasteiger partial charge in [-0.05, 0) is 0 Å². The van der Waals surface area contributed by atoms with Crippen LogP contribution in [0.15, 0.2) is 29.6 Å². The van der Waals surface area contributed by atoms with E-state index in [0.717, 1.165) is 4.88 Å². The highest BCUT2D eigenvalue weighted by Gasteiger charge is 2.08. The van der Waals surface area contributed by atoms with Crippen LogP contribution in [0.1, 0.15) is 4.88 Å². The van der Waals surface area contributed by atoms with Gasteiger partial charge in [0.25, 0.3) is 0 Å². The Morgan fingerprint density at radius 3 is 3.00 bits per heavy atom. The molecule has 0 spiro atoms. The molecule has 17 heavy (non-hydrogen) atoms. The largest absolute Gasteiger partial charge is 0.350 e. The second-order valence-corrected chi connectivity index (χ2v) is 5.02. The minimum Gasteiger partial charge on any atom is -0.259 e. The second kappa shape index (κ2) is 3.94. The zero-order valence-electron chi connectivity index (χ0n) is 8.45. The summed E-state index contributed by atoms with van der Waals surface area (Å²) in [6.45, 7) is 0.366. The molecule has 3 aromatic rings. The Morgan fingerprint density at radius 2 is 2.29 bits per heavy atom. The third-order valence-electron chi connectivity index (χ3n) is 2.22. The van der Waals surface area contributed by atoms with E-state index in [1.165, 1.54) is 26.6 Å². The van der Waals surface area contributed by atoms with Gasteiger partial charge < -0.3 is 0 Å². The highest BCUT2D eigenvalue weighted by atomic mass is 35.5. The van der Waals surface area contributed by atoms with Gasteiger partial charge in [0.2, 0.25) is 0 Å². The minimum atomic E-state index is -0.202. The van der Waals surface area contributed by atoms with Crippen molar-refractivity contribution in [1.82, 2.24) is 24.1 Å². The fraction of sp³-hybridized carbons (Fsp3) is 0.111. The Bertz CT molecular complexity index is 730. The van der Waals surface area contributed by atoms with Crippen molar-refractivity contribution in [2.24, 2.45) is 0 Å². The lowest BCUT2D eigenvalue weighted by Crippen LogP contribution is -2.21. The number of halogens is 1. The summed E-state index contributed by atoms with van der Waals surface area (Å²) in [7, 11) is 0. The lowest BCUT2D eigenvalue weighted by atomic mass is 10.5. The molecule has 0 amide bonds. The lowest BCUT2D eigenvalue weighted by Gasteiger charge is -1.93. The van der Waals surface area contributed by atoms with Gasteiger partial charge in [-0.25, -0.2) is 18.9 Å². The Kier molecular flexibility index (Phi) is 2.41. The van der Waals surface area contributed by atoms with Crippen molar-refractivity contribution in [2.45, 2.75) is 6.54 Å². The number of aromatic nitrogens is 5. The molecule has 0 radical (unpaired) electrons. The smallest absolute Gasteiger partial charge is 0.259 e. The number of fused-ring (bicyclic) bond motifs is 1. The van der Waals surface area contributed by atoms with Gasteiger partial charge in [-0.3, -0.25) is 4.98 Å². The number of thiazole rings is 1. The standard InChI is InChI=1S/C9H6ClN5OS/c10-8-12-3-6(17-8)5-15-9(16)14-2-1-11-4-7(14)13-15/h1-4H,5H2. The van der Waals surface area contributed by atoms with E-state index >= 15 is 0 Å². The highest BCUT2D eigenvalue weighted by molar-refractivity contribution is 7.15. The summed E-state index contributed by atoms with van der Waals surface area (Å²) >= 11 is 7.06. The van der Waals surface area contributed by atoms with Crippen LogP contribution in [0, 0.1) is 0 Å². The lowest BCUT2D eigenvalue weighted by molar-refractivity contribution is 0.665. The van der Waals surface area contributed by atoms with Gasteiger partial charge in [0.15, 0.2) is 10.1 Å². The van der Waals surface area contributed by atoms with Crippen LogP contribution in [0.5, 0.6) is 0 Å². The molecule has 3 rings (SSSR count). The van der Waals surface area contributed by atoms with Crippen molar-refractivity contribution in [3.05, 3.63) is 44.6 Å². The molecule has 0 bridgehead atoms. The van der Waals surface area contributed by atoms with Crippen LogP contribution >= 0.6 is 22.9 Å². The van der Waals surface area contributed by atoms with Gasteiger partial charge >= 0.3 is 5.69 Å². The fourth-order valence-corrected chi connectivity index (χ4v) is 2.45. The molecule has 0 N–H and O–H groups in total. The van der Waals surface area contributed by atoms with Crippen molar-refractivity contribution < 1.29 is 0 Å². The SMILES string of the molecule is O=c1n(Cc2cnc(Cl)s2)nc2cnccn12. The van der Waals surface area contributed by atoms with Gasteiger partial charge in [-0.15, -0.1) is 16.4 Å². The summed E-state index contributed by atoms with van der Waals surface area (Å²) in [5.74, 6) is 0. The monoisotopic (exact) mass is 267 g/mol. The van der Waals surface area contributed by atoms with E-state index in [4.69, 9.17) is 11.6 Å². The third-order valence-corrected chi connectivity index (χ3v) is 3.32. The number of hydrogen-bond acceptors (Lipinski definition) is 5. The van der Waals surface area contributed by atoms with E-state index < -0.39 is 0 Å². The van der Waals surface area contributed by atoms with Crippen LogP contribution in [0.3, 0.4) is 0 Å². The molecule has 0 aromatic carbocycles. The van der Waals surface area contributed by atoms with Gasteiger partial charge in [0.05, 0.1) is 12.7 Å². The van der Waals surface area contributed by atoms with Crippen molar-refractivity contribution in [1.29, 1.82) is 0 Å². The molecule has 0 fully saturated rings. The quantitative estimate of drug-likeness (QED) is 0.696. The van der Waals surface area contributed by atoms with E-state index in [-0.39, 0.29) is 5.69 Å². The molecule has 8 heteroatoms. The average molecular weight is 268 g/mol. The van der Waals surface area contributed by atoms with E-state index in [0.29, 0.717) is 16.7 Å². The first-order valence-corrected chi connectivity index (χ1v) is 5.93. The van der Waals surface area contributed by atoms with Crippen LogP contribution in [-0.4, -0.2) is 24.1 Å². The first-order chi connectivity index (χ1) is 8.24. The predicted molar refractivity (Wildman–Crippen MR) is 63.5 cm³/mol. The average Bonchev–Trinajstić information content (AvgIpc) is 2.86. The minimum absolute atomic E-state index is 0.202. The molecule has 0 unspecified atom stereocenters. The summed E-state index contributed by atoms with van der Waals surface area (Å²) in [4.78, 5) is 20.6. The molecule has 0 atom stereocenters. The fourth-order valence-electron chi connectivity index (χ4n) is 1.49. The van der Waals surface area contributed by atoms with Gasteiger partial charge in [0.1, 0.15) is 0 Å². The summed E-state index contributed by atoms with van der Waals surface area (Å²) in [5.41, 5.74) is 0.319. The van der Waals surface area contributed by atoms with E-state index in [9.17, 15) is 4.79 Å². The molecule has 6 nitrogen and oxygen atoms in total. The van der Waals surface area contributed by atoms with Gasteiger partial charge in [-0.2, -0.15) is 0 Å². The zero-order valence-corrected chi connectivity index (χ0v) is 10.0. The van der Waals surface area contributed by atoms with E-state index in [1.807, 2.05) is 0 Å². The van der Waals surface area contributed by atoms with Crippen LogP contribution < -0.4 is 5.69 Å². The summed E-state index contributed by atoms with van der Waals surface area (Å²) < 4.78 is 3.26. The summed E-state index contributed by atoms with van der Waals surface area (Å²) in [6, 6.07) is 0. The highest BCUT2D eigenvalue weighted by Crippen LogP contribution is 2.17. The Morgan fingerprint density at radius 1 is 1.41 bits per heavy atom. The Hall–Kier alpha value is -1.73. The molecule has 0 aliphatic heterocycles. The molecular formula is C9H6ClN5OS. The number of rotatable bonds is 2. The molecule has 0 aliphatic carbocycles. The maximum Gasteiger partial charge on any atom is 0.350 e. The molecule has 86 valence electrons. The Balaban J connectivity index is 2.06. The van der Waals surface area contributed by atoms with Gasteiger partial charge in [0, 0.05) is 23.5 Å². The first-order valence-electron chi connectivity index (χ1n) is 4.73. The summed E-state index contributed by atoms with van der Waals surface area (Å²) in [6.07, 6.45) is 6.31. The summed E-state index contributed by atoms with van der Waals surface area (Å²) in [5, 5.41) is 4.16. The molecule has 0 aliphatic rings. The zero-order chi connectivity index (χ0) is 11.8. The first kappa shape index (κ1) is 10.4. The van der Waals surface area contributed by atoms with Crippen molar-refractivity contribution >= 4 is 28.6 Å². The third kappa shape index (κ3) is 1.83. The molecule has 0 saturated heterocycles. The van der Waals surface area contributed by atoms with E-state index in [2.05, 4.69) is 15.1 Å². The van der Waals surface area contributed by atoms with Gasteiger partial charge in [-0.1, -0.05) is 11.6 Å².